The van der Waals surface area contributed by atoms with E-state index in [4.69, 9.17) is 9.84 Å². The van der Waals surface area contributed by atoms with Crippen LogP contribution in [0.15, 0.2) is 48.5 Å². The minimum atomic E-state index is -0.782. The molecule has 1 saturated carbocycles. The van der Waals surface area contributed by atoms with Crippen molar-refractivity contribution in [3.63, 3.8) is 0 Å². The van der Waals surface area contributed by atoms with Gasteiger partial charge in [0.1, 0.15) is 6.61 Å². The second-order valence-electron chi connectivity index (χ2n) is 9.79. The second-order valence-corrected chi connectivity index (χ2v) is 9.79. The third-order valence-corrected chi connectivity index (χ3v) is 7.59. The van der Waals surface area contributed by atoms with Crippen molar-refractivity contribution in [2.75, 3.05) is 26.2 Å². The number of benzene rings is 2. The Morgan fingerprint density at radius 2 is 1.56 bits per heavy atom. The molecule has 34 heavy (non-hydrogen) atoms. The van der Waals surface area contributed by atoms with Gasteiger partial charge in [0.15, 0.2) is 0 Å². The fourth-order valence-corrected chi connectivity index (χ4v) is 5.43. The Balaban J connectivity index is 1.13. The second kappa shape index (κ2) is 9.12. The summed E-state index contributed by atoms with van der Waals surface area (Å²) < 4.78 is 5.61. The van der Waals surface area contributed by atoms with E-state index in [-0.39, 0.29) is 37.3 Å². The van der Waals surface area contributed by atoms with Crippen molar-refractivity contribution in [2.45, 2.75) is 38.0 Å². The highest BCUT2D eigenvalue weighted by Crippen LogP contribution is 2.47. The van der Waals surface area contributed by atoms with Gasteiger partial charge in [0.25, 0.3) is 0 Å². The predicted molar refractivity (Wildman–Crippen MR) is 126 cm³/mol. The number of carboxylic acid groups (broad SMARTS) is 1. The normalized spacial score (nSPS) is 18.6. The van der Waals surface area contributed by atoms with Crippen LogP contribution >= 0.6 is 0 Å². The Kier molecular flexibility index (Phi) is 6.02. The van der Waals surface area contributed by atoms with E-state index in [1.807, 2.05) is 29.2 Å². The van der Waals surface area contributed by atoms with Gasteiger partial charge in [0.2, 0.25) is 5.91 Å². The molecule has 2 aliphatic carbocycles. The number of nitrogens with one attached hydrogen (secondary N) is 1. The first-order valence-corrected chi connectivity index (χ1v) is 12.1. The van der Waals surface area contributed by atoms with Crippen LogP contribution in [0.4, 0.5) is 4.79 Å². The molecule has 0 unspecified atom stereocenters. The monoisotopic (exact) mass is 462 g/mol. The molecule has 1 saturated heterocycles. The maximum absolute atomic E-state index is 13.1. The molecule has 178 valence electrons. The van der Waals surface area contributed by atoms with E-state index in [1.165, 1.54) is 11.1 Å². The van der Waals surface area contributed by atoms with E-state index in [2.05, 4.69) is 29.6 Å². The largest absolute Gasteiger partial charge is 0.481 e. The molecule has 2 amide bonds. The van der Waals surface area contributed by atoms with Crippen LogP contribution in [0.2, 0.25) is 0 Å². The summed E-state index contributed by atoms with van der Waals surface area (Å²) in [6.07, 6.45) is 2.61. The number of carbonyl (C=O) groups is 3. The number of hydrogen-bond donors (Lipinski definition) is 2. The van der Waals surface area contributed by atoms with Crippen LogP contribution in [0.1, 0.15) is 49.1 Å². The quantitative estimate of drug-likeness (QED) is 0.648. The smallest absolute Gasteiger partial charge is 0.407 e. The van der Waals surface area contributed by atoms with Crippen LogP contribution in [-0.2, 0) is 14.3 Å². The number of aliphatic carboxylic acids is 1. The molecule has 0 spiro atoms. The molecular formula is C27H30N2O5. The molecule has 0 aromatic heterocycles. The van der Waals surface area contributed by atoms with E-state index in [0.29, 0.717) is 25.9 Å². The van der Waals surface area contributed by atoms with Crippen LogP contribution in [0.25, 0.3) is 11.1 Å². The third kappa shape index (κ3) is 4.39. The highest BCUT2D eigenvalue weighted by Gasteiger charge is 2.52. The number of alkyl carbamates (subject to hydrolysis) is 1. The molecule has 0 bridgehead atoms. The van der Waals surface area contributed by atoms with Gasteiger partial charge in [-0.1, -0.05) is 48.5 Å². The summed E-state index contributed by atoms with van der Waals surface area (Å²) in [6, 6.07) is 16.4. The number of piperidine rings is 1. The average molecular weight is 463 g/mol. The maximum Gasteiger partial charge on any atom is 0.407 e. The lowest BCUT2D eigenvalue weighted by Crippen LogP contribution is -2.46. The zero-order chi connectivity index (χ0) is 23.7. The molecule has 2 fully saturated rings. The number of likely N-dealkylation sites (tertiary alicyclic amines) is 1. The molecule has 1 aliphatic heterocycles. The molecular weight excluding hydrogens is 432 g/mol. The van der Waals surface area contributed by atoms with Crippen LogP contribution < -0.4 is 5.32 Å². The zero-order valence-electron chi connectivity index (χ0n) is 19.2. The minimum Gasteiger partial charge on any atom is -0.481 e. The molecule has 0 radical (unpaired) electrons. The Labute approximate surface area is 199 Å². The van der Waals surface area contributed by atoms with Crippen LogP contribution in [0.3, 0.4) is 0 Å². The fraction of sp³-hybridized carbons (Fsp3) is 0.444. The first kappa shape index (κ1) is 22.4. The predicted octanol–water partition coefficient (Wildman–Crippen LogP) is 4.02. The van der Waals surface area contributed by atoms with Crippen molar-refractivity contribution < 1.29 is 24.2 Å². The summed E-state index contributed by atoms with van der Waals surface area (Å²) in [5, 5.41) is 11.8. The molecule has 0 atom stereocenters. The lowest BCUT2D eigenvalue weighted by molar-refractivity contribution is -0.140. The molecule has 3 aliphatic rings. The van der Waals surface area contributed by atoms with Crippen LogP contribution in [0, 0.1) is 11.3 Å². The number of fused-ring (bicyclic) bond motifs is 3. The highest BCUT2D eigenvalue weighted by molar-refractivity contribution is 5.86. The van der Waals surface area contributed by atoms with E-state index in [1.54, 1.807) is 0 Å². The molecule has 2 N–H and O–H groups in total. The Hall–Kier alpha value is -3.35. The molecule has 7 heteroatoms. The fourth-order valence-electron chi connectivity index (χ4n) is 5.43. The van der Waals surface area contributed by atoms with Crippen LogP contribution in [0.5, 0.6) is 0 Å². The first-order chi connectivity index (χ1) is 16.5. The van der Waals surface area contributed by atoms with Crippen molar-refractivity contribution in [1.82, 2.24) is 10.2 Å². The van der Waals surface area contributed by atoms with Gasteiger partial charge in [-0.2, -0.15) is 0 Å². The lowest BCUT2D eigenvalue weighted by atomic mass is 9.92. The van der Waals surface area contributed by atoms with E-state index in [0.717, 1.165) is 24.0 Å². The summed E-state index contributed by atoms with van der Waals surface area (Å²) in [5.41, 5.74) is 4.15. The standard InChI is InChI=1S/C27H30N2O5/c30-24(31)15-18-9-13-29(14-10-18)25(32)27(11-12-27)17-28-26(33)34-16-23-21-7-3-1-5-19(21)20-6-2-4-8-22(20)23/h1-8,18,23H,9-17H2,(H,28,33)(H,30,31). The molecule has 1 heterocycles. The SMILES string of the molecule is O=C(O)CC1CCN(C(=O)C2(CNC(=O)OCC3c4ccccc4-c4ccccc43)CC2)CC1. The zero-order valence-corrected chi connectivity index (χ0v) is 19.2. The number of carbonyl (C=O) groups excluding carboxylic acids is 2. The Morgan fingerprint density at radius 3 is 2.12 bits per heavy atom. The number of carboxylic acids is 1. The summed E-state index contributed by atoms with van der Waals surface area (Å²) in [7, 11) is 0. The Morgan fingerprint density at radius 1 is 0.971 bits per heavy atom. The van der Waals surface area contributed by atoms with Gasteiger partial charge in [-0.05, 0) is 53.9 Å². The first-order valence-electron chi connectivity index (χ1n) is 12.1. The van der Waals surface area contributed by atoms with E-state index in [9.17, 15) is 14.4 Å². The van der Waals surface area contributed by atoms with Crippen molar-refractivity contribution in [2.24, 2.45) is 11.3 Å². The van der Waals surface area contributed by atoms with Gasteiger partial charge in [0.05, 0.1) is 5.41 Å². The molecule has 5 rings (SSSR count). The van der Waals surface area contributed by atoms with Crippen molar-refractivity contribution in [3.8, 4) is 11.1 Å². The average Bonchev–Trinajstić information content (AvgIpc) is 3.58. The van der Waals surface area contributed by atoms with Gasteiger partial charge in [-0.25, -0.2) is 4.79 Å². The topological polar surface area (TPSA) is 95.9 Å². The van der Waals surface area contributed by atoms with Crippen LogP contribution in [-0.4, -0.2) is 54.2 Å². The molecule has 2 aromatic rings. The summed E-state index contributed by atoms with van der Waals surface area (Å²) in [6.45, 7) is 1.70. The van der Waals surface area contributed by atoms with E-state index >= 15 is 0 Å². The molecule has 2 aromatic carbocycles. The highest BCUT2D eigenvalue weighted by atomic mass is 16.5. The Bertz CT molecular complexity index is 1060. The number of hydrogen-bond acceptors (Lipinski definition) is 4. The van der Waals surface area contributed by atoms with Crippen molar-refractivity contribution >= 4 is 18.0 Å². The van der Waals surface area contributed by atoms with Gasteiger partial charge >= 0.3 is 12.1 Å². The van der Waals surface area contributed by atoms with Gasteiger partial charge in [-0.3, -0.25) is 9.59 Å². The number of nitrogens with zero attached hydrogens (tertiary/aromatic N) is 1. The number of rotatable bonds is 7. The van der Waals surface area contributed by atoms with E-state index < -0.39 is 17.5 Å². The lowest BCUT2D eigenvalue weighted by Gasteiger charge is -2.34. The summed E-state index contributed by atoms with van der Waals surface area (Å²) in [5.74, 6) is -0.576. The third-order valence-electron chi connectivity index (χ3n) is 7.59. The molecule has 7 nitrogen and oxygen atoms in total. The van der Waals surface area contributed by atoms with Gasteiger partial charge < -0.3 is 20.1 Å². The van der Waals surface area contributed by atoms with Crippen molar-refractivity contribution in [1.29, 1.82) is 0 Å². The summed E-state index contributed by atoms with van der Waals surface area (Å²) >= 11 is 0. The number of ether oxygens (including phenoxy) is 1. The summed E-state index contributed by atoms with van der Waals surface area (Å²) in [4.78, 5) is 38.4. The maximum atomic E-state index is 13.1. The number of amides is 2. The van der Waals surface area contributed by atoms with Gasteiger partial charge in [-0.15, -0.1) is 0 Å². The van der Waals surface area contributed by atoms with Gasteiger partial charge in [0, 0.05) is 32.0 Å². The van der Waals surface area contributed by atoms with Crippen molar-refractivity contribution in [3.05, 3.63) is 59.7 Å². The minimum absolute atomic E-state index is 0.00163.